The van der Waals surface area contributed by atoms with Crippen molar-refractivity contribution in [3.63, 3.8) is 0 Å². The van der Waals surface area contributed by atoms with Gasteiger partial charge in [0, 0.05) is 6.42 Å². The lowest BCUT2D eigenvalue weighted by atomic mass is 10.1. The Bertz CT molecular complexity index is 563. The second-order valence-electron chi connectivity index (χ2n) is 6.48. The zero-order chi connectivity index (χ0) is 18.2. The average Bonchev–Trinajstić information content (AvgIpc) is 2.49. The summed E-state index contributed by atoms with van der Waals surface area (Å²) in [5.74, 6) is -0.700. The molecular weight excluding hydrogens is 310 g/mol. The van der Waals surface area contributed by atoms with Gasteiger partial charge in [-0.3, -0.25) is 9.59 Å². The van der Waals surface area contributed by atoms with E-state index >= 15 is 0 Å². The van der Waals surface area contributed by atoms with E-state index in [1.165, 1.54) is 0 Å². The molecule has 24 heavy (non-hydrogen) atoms. The Hall–Kier alpha value is -2.37. The molecule has 0 saturated heterocycles. The Morgan fingerprint density at radius 3 is 2.29 bits per heavy atom. The molecule has 0 unspecified atom stereocenters. The van der Waals surface area contributed by atoms with Crippen molar-refractivity contribution in [2.75, 3.05) is 0 Å². The van der Waals surface area contributed by atoms with E-state index in [2.05, 4.69) is 5.32 Å². The first kappa shape index (κ1) is 19.7. The molecule has 0 bridgehead atoms. The maximum absolute atomic E-state index is 11.9. The molecule has 1 aromatic carbocycles. The smallest absolute Gasteiger partial charge is 0.408 e. The molecule has 6 nitrogen and oxygen atoms in total. The fourth-order valence-electron chi connectivity index (χ4n) is 1.82. The molecule has 0 heterocycles. The van der Waals surface area contributed by atoms with Crippen LogP contribution in [0, 0.1) is 0 Å². The van der Waals surface area contributed by atoms with Gasteiger partial charge in [0.25, 0.3) is 0 Å². The summed E-state index contributed by atoms with van der Waals surface area (Å²) in [4.78, 5) is 35.2. The highest BCUT2D eigenvalue weighted by molar-refractivity contribution is 5.89. The number of benzene rings is 1. The SMILES string of the molecule is C[C@H](NC(=O)OC(C)(C)C)C(=O)CCC(=O)OCc1ccccc1. The Kier molecular flexibility index (Phi) is 7.42. The zero-order valence-corrected chi connectivity index (χ0v) is 14.6. The molecule has 0 aliphatic heterocycles. The van der Waals surface area contributed by atoms with Gasteiger partial charge in [0.1, 0.15) is 12.2 Å². The molecule has 0 spiro atoms. The molecule has 1 atom stereocenters. The molecule has 0 radical (unpaired) electrons. The summed E-state index contributed by atoms with van der Waals surface area (Å²) in [6.45, 7) is 6.95. The van der Waals surface area contributed by atoms with Gasteiger partial charge in [-0.15, -0.1) is 0 Å². The molecule has 0 saturated carbocycles. The molecule has 1 amide bonds. The van der Waals surface area contributed by atoms with Crippen LogP contribution in [0.25, 0.3) is 0 Å². The number of ether oxygens (including phenoxy) is 2. The lowest BCUT2D eigenvalue weighted by molar-refractivity contribution is -0.146. The topological polar surface area (TPSA) is 81.7 Å². The van der Waals surface area contributed by atoms with Crippen LogP contribution >= 0.6 is 0 Å². The minimum Gasteiger partial charge on any atom is -0.461 e. The van der Waals surface area contributed by atoms with Crippen molar-refractivity contribution in [1.82, 2.24) is 5.32 Å². The van der Waals surface area contributed by atoms with Gasteiger partial charge in [-0.2, -0.15) is 0 Å². The Morgan fingerprint density at radius 1 is 1.08 bits per heavy atom. The molecular formula is C18H25NO5. The van der Waals surface area contributed by atoms with Crippen molar-refractivity contribution in [3.05, 3.63) is 35.9 Å². The van der Waals surface area contributed by atoms with Crippen molar-refractivity contribution in [2.45, 2.75) is 58.8 Å². The Labute approximate surface area is 142 Å². The summed E-state index contributed by atoms with van der Waals surface area (Å²) in [6, 6.07) is 8.58. The average molecular weight is 335 g/mol. The number of amides is 1. The van der Waals surface area contributed by atoms with Crippen LogP contribution in [-0.4, -0.2) is 29.5 Å². The lowest BCUT2D eigenvalue weighted by Crippen LogP contribution is -2.41. The van der Waals surface area contributed by atoms with E-state index in [-0.39, 0.29) is 25.2 Å². The van der Waals surface area contributed by atoms with E-state index < -0.39 is 23.7 Å². The summed E-state index contributed by atoms with van der Waals surface area (Å²) in [5, 5.41) is 2.45. The van der Waals surface area contributed by atoms with E-state index in [1.807, 2.05) is 30.3 Å². The van der Waals surface area contributed by atoms with Crippen LogP contribution in [0.3, 0.4) is 0 Å². The number of carbonyl (C=O) groups excluding carboxylic acids is 3. The number of hydrogen-bond donors (Lipinski definition) is 1. The van der Waals surface area contributed by atoms with Crippen LogP contribution in [0.15, 0.2) is 30.3 Å². The molecule has 6 heteroatoms. The summed E-state index contributed by atoms with van der Waals surface area (Å²) in [5.41, 5.74) is 0.255. The maximum Gasteiger partial charge on any atom is 0.408 e. The first-order valence-corrected chi connectivity index (χ1v) is 7.89. The summed E-state index contributed by atoms with van der Waals surface area (Å²) in [6.07, 6.45) is -0.675. The Balaban J connectivity index is 2.29. The molecule has 1 aromatic rings. The predicted octanol–water partition coefficient (Wildman–Crippen LogP) is 2.99. The summed E-state index contributed by atoms with van der Waals surface area (Å²) < 4.78 is 10.2. The fraction of sp³-hybridized carbons (Fsp3) is 0.500. The van der Waals surface area contributed by atoms with Crippen LogP contribution in [0.4, 0.5) is 4.79 Å². The minimum atomic E-state index is -0.721. The van der Waals surface area contributed by atoms with E-state index in [1.54, 1.807) is 27.7 Å². The Morgan fingerprint density at radius 2 is 1.71 bits per heavy atom. The lowest BCUT2D eigenvalue weighted by Gasteiger charge is -2.21. The number of alkyl carbamates (subject to hydrolysis) is 1. The molecule has 1 N–H and O–H groups in total. The molecule has 0 aliphatic rings. The van der Waals surface area contributed by atoms with E-state index in [4.69, 9.17) is 9.47 Å². The third-order valence-corrected chi connectivity index (χ3v) is 3.03. The highest BCUT2D eigenvalue weighted by atomic mass is 16.6. The first-order valence-electron chi connectivity index (χ1n) is 7.89. The number of Topliss-reactive ketones (excluding diaryl/α,β-unsaturated/α-hetero) is 1. The van der Waals surface area contributed by atoms with Gasteiger partial charge < -0.3 is 14.8 Å². The van der Waals surface area contributed by atoms with Gasteiger partial charge in [0.05, 0.1) is 12.5 Å². The number of esters is 1. The van der Waals surface area contributed by atoms with Gasteiger partial charge in [-0.25, -0.2) is 4.79 Å². The van der Waals surface area contributed by atoms with Crippen LogP contribution < -0.4 is 5.32 Å². The maximum atomic E-state index is 11.9. The first-order chi connectivity index (χ1) is 11.2. The third-order valence-electron chi connectivity index (χ3n) is 3.03. The van der Waals surface area contributed by atoms with Gasteiger partial charge in [-0.05, 0) is 33.3 Å². The second-order valence-corrected chi connectivity index (χ2v) is 6.48. The second kappa shape index (κ2) is 9.05. The fourth-order valence-corrected chi connectivity index (χ4v) is 1.82. The quantitative estimate of drug-likeness (QED) is 0.775. The number of nitrogens with one attached hydrogen (secondary N) is 1. The van der Waals surface area contributed by atoms with Crippen LogP contribution in [0.1, 0.15) is 46.1 Å². The summed E-state index contributed by atoms with van der Waals surface area (Å²) >= 11 is 0. The monoisotopic (exact) mass is 335 g/mol. The number of rotatable bonds is 7. The van der Waals surface area contributed by atoms with Gasteiger partial charge in [-0.1, -0.05) is 30.3 Å². The molecule has 0 fully saturated rings. The highest BCUT2D eigenvalue weighted by Gasteiger charge is 2.21. The predicted molar refractivity (Wildman–Crippen MR) is 89.3 cm³/mol. The minimum absolute atomic E-state index is 0.00455. The van der Waals surface area contributed by atoms with Crippen LogP contribution in [0.5, 0.6) is 0 Å². The third kappa shape index (κ3) is 8.31. The van der Waals surface area contributed by atoms with Crippen molar-refractivity contribution >= 4 is 17.8 Å². The highest BCUT2D eigenvalue weighted by Crippen LogP contribution is 2.08. The molecule has 0 aliphatic carbocycles. The molecule has 0 aromatic heterocycles. The molecule has 132 valence electrons. The van der Waals surface area contributed by atoms with E-state index in [9.17, 15) is 14.4 Å². The number of hydrogen-bond acceptors (Lipinski definition) is 5. The van der Waals surface area contributed by atoms with Crippen LogP contribution in [-0.2, 0) is 25.7 Å². The van der Waals surface area contributed by atoms with E-state index in [0.717, 1.165) is 5.56 Å². The zero-order valence-electron chi connectivity index (χ0n) is 14.6. The molecule has 1 rings (SSSR count). The van der Waals surface area contributed by atoms with Crippen molar-refractivity contribution in [2.24, 2.45) is 0 Å². The van der Waals surface area contributed by atoms with Crippen molar-refractivity contribution < 1.29 is 23.9 Å². The normalized spacial score (nSPS) is 12.2. The van der Waals surface area contributed by atoms with Crippen LogP contribution in [0.2, 0.25) is 0 Å². The summed E-state index contributed by atoms with van der Waals surface area (Å²) in [7, 11) is 0. The standard InChI is InChI=1S/C18H25NO5/c1-13(19-17(22)24-18(2,3)4)15(20)10-11-16(21)23-12-14-8-6-5-7-9-14/h5-9,13H,10-12H2,1-4H3,(H,19,22)/t13-/m0/s1. The number of ketones is 1. The van der Waals surface area contributed by atoms with Gasteiger partial charge in [0.2, 0.25) is 0 Å². The van der Waals surface area contributed by atoms with Crippen molar-refractivity contribution in [1.29, 1.82) is 0 Å². The van der Waals surface area contributed by atoms with Gasteiger partial charge in [0.15, 0.2) is 5.78 Å². The number of carbonyl (C=O) groups is 3. The van der Waals surface area contributed by atoms with E-state index in [0.29, 0.717) is 0 Å². The van der Waals surface area contributed by atoms with Gasteiger partial charge >= 0.3 is 12.1 Å². The van der Waals surface area contributed by atoms with Crippen molar-refractivity contribution in [3.8, 4) is 0 Å². The largest absolute Gasteiger partial charge is 0.461 e.